The summed E-state index contributed by atoms with van der Waals surface area (Å²) in [4.78, 5) is 16.3. The summed E-state index contributed by atoms with van der Waals surface area (Å²) in [5.41, 5.74) is 0. The fourth-order valence-electron chi connectivity index (χ4n) is 2.25. The summed E-state index contributed by atoms with van der Waals surface area (Å²) in [6.07, 6.45) is 0. The van der Waals surface area contributed by atoms with Gasteiger partial charge in [0.25, 0.3) is 0 Å². The maximum Gasteiger partial charge on any atom is 0.317 e. The highest BCUT2D eigenvalue weighted by molar-refractivity contribution is 7.86. The van der Waals surface area contributed by atoms with E-state index in [0.717, 1.165) is 26.2 Å². The van der Waals surface area contributed by atoms with E-state index in [-0.39, 0.29) is 10.8 Å². The highest BCUT2D eigenvalue weighted by atomic mass is 32.2. The van der Waals surface area contributed by atoms with Gasteiger partial charge in [0, 0.05) is 54.0 Å². The number of carbonyl (C=O) groups excluding carboxylic acids is 1. The first-order valence-corrected chi connectivity index (χ1v) is 9.77. The second kappa shape index (κ2) is 7.46. The Labute approximate surface area is 139 Å². The van der Waals surface area contributed by atoms with E-state index in [0.29, 0.717) is 12.3 Å². The predicted molar refractivity (Wildman–Crippen MR) is 94.3 cm³/mol. The van der Waals surface area contributed by atoms with Crippen LogP contribution < -0.4 is 10.2 Å². The molecule has 1 saturated heterocycles. The molecule has 1 unspecified atom stereocenters. The van der Waals surface area contributed by atoms with Gasteiger partial charge in [-0.2, -0.15) is 0 Å². The Balaban J connectivity index is 1.70. The van der Waals surface area contributed by atoms with E-state index in [9.17, 15) is 9.00 Å². The van der Waals surface area contributed by atoms with Gasteiger partial charge in [-0.25, -0.2) is 4.79 Å². The van der Waals surface area contributed by atoms with E-state index in [1.54, 1.807) is 11.3 Å². The van der Waals surface area contributed by atoms with Crippen molar-refractivity contribution in [2.24, 2.45) is 0 Å². The van der Waals surface area contributed by atoms with Crippen LogP contribution in [0.3, 0.4) is 0 Å². The molecule has 1 aliphatic rings. The Kier molecular flexibility index (Phi) is 5.86. The minimum Gasteiger partial charge on any atom is -0.360 e. The van der Waals surface area contributed by atoms with E-state index < -0.39 is 10.8 Å². The highest BCUT2D eigenvalue weighted by Gasteiger charge is 2.22. The van der Waals surface area contributed by atoms with Crippen LogP contribution in [0.15, 0.2) is 17.5 Å². The van der Waals surface area contributed by atoms with Crippen molar-refractivity contribution in [3.8, 4) is 0 Å². The average Bonchev–Trinajstić information content (AvgIpc) is 3.00. The molecule has 0 aromatic carbocycles. The molecule has 0 spiro atoms. The van der Waals surface area contributed by atoms with Crippen molar-refractivity contribution in [1.82, 2.24) is 10.2 Å². The van der Waals surface area contributed by atoms with E-state index in [2.05, 4.69) is 27.7 Å². The van der Waals surface area contributed by atoms with Crippen molar-refractivity contribution >= 4 is 33.2 Å². The van der Waals surface area contributed by atoms with E-state index in [1.165, 1.54) is 5.00 Å². The SMILES string of the molecule is CC(C)(C)S(=O)CCNC(=O)N1CCN(c2cccs2)CC1. The highest BCUT2D eigenvalue weighted by Crippen LogP contribution is 2.22. The van der Waals surface area contributed by atoms with E-state index in [4.69, 9.17) is 0 Å². The van der Waals surface area contributed by atoms with Gasteiger partial charge in [-0.05, 0) is 38.3 Å². The number of nitrogens with zero attached hydrogens (tertiary/aromatic N) is 2. The molecule has 1 fully saturated rings. The number of piperazine rings is 1. The fraction of sp³-hybridized carbons (Fsp3) is 0.667. The molecule has 7 heteroatoms. The molecule has 1 N–H and O–H groups in total. The third kappa shape index (κ3) is 4.71. The topological polar surface area (TPSA) is 52.7 Å². The Morgan fingerprint density at radius 1 is 1.32 bits per heavy atom. The summed E-state index contributed by atoms with van der Waals surface area (Å²) >= 11 is 1.73. The number of amides is 2. The van der Waals surface area contributed by atoms with Gasteiger partial charge in [0.1, 0.15) is 0 Å². The van der Waals surface area contributed by atoms with Crippen molar-refractivity contribution in [1.29, 1.82) is 0 Å². The molecule has 5 nitrogen and oxygen atoms in total. The molecule has 2 rings (SSSR count). The maximum absolute atomic E-state index is 12.1. The maximum atomic E-state index is 12.1. The fourth-order valence-corrected chi connectivity index (χ4v) is 3.93. The Morgan fingerprint density at radius 3 is 2.55 bits per heavy atom. The van der Waals surface area contributed by atoms with Gasteiger partial charge >= 0.3 is 6.03 Å². The second-order valence-corrected chi connectivity index (χ2v) is 9.57. The largest absolute Gasteiger partial charge is 0.360 e. The third-order valence-electron chi connectivity index (χ3n) is 3.63. The smallest absolute Gasteiger partial charge is 0.317 e. The van der Waals surface area contributed by atoms with Crippen LogP contribution >= 0.6 is 11.3 Å². The zero-order chi connectivity index (χ0) is 16.2. The van der Waals surface area contributed by atoms with Gasteiger partial charge in [0.05, 0.1) is 5.00 Å². The first-order valence-electron chi connectivity index (χ1n) is 7.57. The molecule has 0 radical (unpaired) electrons. The molecule has 1 aromatic heterocycles. The number of anilines is 1. The minimum absolute atomic E-state index is 0.0447. The second-order valence-electron chi connectivity index (χ2n) is 6.32. The number of thiophene rings is 1. The third-order valence-corrected chi connectivity index (χ3v) is 6.50. The van der Waals surface area contributed by atoms with Crippen LogP contribution in [0.2, 0.25) is 0 Å². The number of nitrogens with one attached hydrogen (secondary N) is 1. The lowest BCUT2D eigenvalue weighted by molar-refractivity contribution is 0.195. The summed E-state index contributed by atoms with van der Waals surface area (Å²) < 4.78 is 11.7. The molecule has 22 heavy (non-hydrogen) atoms. The van der Waals surface area contributed by atoms with Crippen molar-refractivity contribution in [2.45, 2.75) is 25.5 Å². The van der Waals surface area contributed by atoms with E-state index >= 15 is 0 Å². The molecular weight excluding hydrogens is 318 g/mol. The summed E-state index contributed by atoms with van der Waals surface area (Å²) in [6, 6.07) is 4.12. The molecule has 0 bridgehead atoms. The molecule has 2 amide bonds. The Hall–Kier alpha value is -1.08. The van der Waals surface area contributed by atoms with Crippen LogP contribution in [0.25, 0.3) is 0 Å². The first-order chi connectivity index (χ1) is 10.4. The summed E-state index contributed by atoms with van der Waals surface area (Å²) in [5.74, 6) is 0.504. The molecule has 124 valence electrons. The molecule has 0 saturated carbocycles. The van der Waals surface area contributed by atoms with Crippen LogP contribution in [0.1, 0.15) is 20.8 Å². The number of urea groups is 1. The van der Waals surface area contributed by atoms with Crippen molar-refractivity contribution in [3.05, 3.63) is 17.5 Å². The molecule has 2 heterocycles. The average molecular weight is 344 g/mol. The zero-order valence-electron chi connectivity index (χ0n) is 13.5. The minimum atomic E-state index is -0.925. The Morgan fingerprint density at radius 2 is 2.00 bits per heavy atom. The molecule has 1 aliphatic heterocycles. The number of hydrogen-bond donors (Lipinski definition) is 1. The van der Waals surface area contributed by atoms with Gasteiger partial charge in [0.15, 0.2) is 0 Å². The lowest BCUT2D eigenvalue weighted by Crippen LogP contribution is -2.52. The van der Waals surface area contributed by atoms with Gasteiger partial charge < -0.3 is 15.1 Å². The van der Waals surface area contributed by atoms with Crippen LogP contribution in [0, 0.1) is 0 Å². The first kappa shape index (κ1) is 17.3. The van der Waals surface area contributed by atoms with Gasteiger partial charge in [-0.3, -0.25) is 4.21 Å². The quantitative estimate of drug-likeness (QED) is 0.911. The molecule has 1 aromatic rings. The summed E-state index contributed by atoms with van der Waals surface area (Å²) in [7, 11) is -0.925. The summed E-state index contributed by atoms with van der Waals surface area (Å²) in [6.45, 7) is 9.51. The molecule has 1 atom stereocenters. The van der Waals surface area contributed by atoms with E-state index in [1.807, 2.05) is 25.7 Å². The van der Waals surface area contributed by atoms with Crippen LogP contribution in [0.4, 0.5) is 9.80 Å². The lowest BCUT2D eigenvalue weighted by atomic mass is 10.3. The van der Waals surface area contributed by atoms with Crippen LogP contribution in [0.5, 0.6) is 0 Å². The van der Waals surface area contributed by atoms with Gasteiger partial charge in [-0.15, -0.1) is 11.3 Å². The number of carbonyl (C=O) groups is 1. The van der Waals surface area contributed by atoms with Crippen molar-refractivity contribution < 1.29 is 9.00 Å². The zero-order valence-corrected chi connectivity index (χ0v) is 15.1. The Bertz CT molecular complexity index is 503. The van der Waals surface area contributed by atoms with Crippen molar-refractivity contribution in [3.63, 3.8) is 0 Å². The predicted octanol–water partition coefficient (Wildman–Crippen LogP) is 2.13. The standard InChI is InChI=1S/C15H25N3O2S2/c1-15(2,3)22(20)12-6-16-14(19)18-9-7-17(8-10-18)13-5-4-11-21-13/h4-5,11H,6-10,12H2,1-3H3,(H,16,19). The van der Waals surface area contributed by atoms with Crippen LogP contribution in [-0.2, 0) is 10.8 Å². The molecule has 0 aliphatic carbocycles. The van der Waals surface area contributed by atoms with Gasteiger partial charge in [-0.1, -0.05) is 0 Å². The monoisotopic (exact) mass is 343 g/mol. The van der Waals surface area contributed by atoms with Crippen LogP contribution in [-0.4, -0.2) is 58.4 Å². The molecular formula is C15H25N3O2S2. The van der Waals surface area contributed by atoms with Gasteiger partial charge in [0.2, 0.25) is 0 Å². The summed E-state index contributed by atoms with van der Waals surface area (Å²) in [5, 5.41) is 6.22. The number of hydrogen-bond acceptors (Lipinski definition) is 4. The number of rotatable bonds is 4. The lowest BCUT2D eigenvalue weighted by Gasteiger charge is -2.35. The normalized spacial score (nSPS) is 17.4. The van der Waals surface area contributed by atoms with Crippen molar-refractivity contribution in [2.75, 3.05) is 43.4 Å².